The van der Waals surface area contributed by atoms with Crippen LogP contribution < -0.4 is 15.2 Å². The number of rotatable bonds is 9. The second-order valence-electron chi connectivity index (χ2n) is 10.8. The van der Waals surface area contributed by atoms with Crippen molar-refractivity contribution in [2.75, 3.05) is 32.8 Å². The zero-order valence-corrected chi connectivity index (χ0v) is 24.2. The molecule has 3 aliphatic heterocycles. The molecule has 4 aliphatic rings. The standard InChI is InChI=1S/C27H34N4O8S2/c1-18-4-2-7-23-25(18)30-15-24(26(23)33)41(36,37)31-10-8-27(9-11-31)13-19(16-39-27)29-14-20(32)17-38-21-5-3-6-22(12-21)40(28,34)35/h2-7,12,15,19-20,23,29,32H,8-11,13-14,16-17H2,1H3,(H2,28,34,35)/t19-,20+,23?/m1/s1. The maximum absolute atomic E-state index is 13.4. The lowest BCUT2D eigenvalue weighted by atomic mass is 9.88. The summed E-state index contributed by atoms with van der Waals surface area (Å²) in [6, 6.07) is 5.70. The Balaban J connectivity index is 1.10. The zero-order chi connectivity index (χ0) is 29.4. The molecule has 12 nitrogen and oxygen atoms in total. The van der Waals surface area contributed by atoms with E-state index in [2.05, 4.69) is 10.3 Å². The number of piperidine rings is 1. The summed E-state index contributed by atoms with van der Waals surface area (Å²) in [6.45, 7) is 2.88. The Hall–Kier alpha value is -2.72. The summed E-state index contributed by atoms with van der Waals surface area (Å²) >= 11 is 0. The van der Waals surface area contributed by atoms with Gasteiger partial charge < -0.3 is 19.9 Å². The number of aliphatic hydroxyl groups excluding tert-OH is 1. The van der Waals surface area contributed by atoms with Crippen molar-refractivity contribution in [2.24, 2.45) is 16.0 Å². The molecule has 0 aromatic heterocycles. The average Bonchev–Trinajstić information content (AvgIpc) is 3.33. The molecule has 2 fully saturated rings. The second-order valence-corrected chi connectivity index (χ2v) is 14.2. The van der Waals surface area contributed by atoms with E-state index in [9.17, 15) is 26.7 Å². The molecule has 14 heteroatoms. The maximum atomic E-state index is 13.4. The minimum atomic E-state index is -4.00. The van der Waals surface area contributed by atoms with Crippen LogP contribution in [0.25, 0.3) is 0 Å². The summed E-state index contributed by atoms with van der Waals surface area (Å²) in [4.78, 5) is 17.0. The first-order chi connectivity index (χ1) is 19.4. The summed E-state index contributed by atoms with van der Waals surface area (Å²) < 4.78 is 62.8. The molecule has 222 valence electrons. The van der Waals surface area contributed by atoms with E-state index in [4.69, 9.17) is 14.6 Å². The molecule has 0 saturated carbocycles. The van der Waals surface area contributed by atoms with Crippen LogP contribution in [-0.4, -0.2) is 88.3 Å². The number of ketones is 1. The van der Waals surface area contributed by atoms with Gasteiger partial charge >= 0.3 is 0 Å². The Bertz CT molecular complexity index is 1540. The average molecular weight is 607 g/mol. The first-order valence-corrected chi connectivity index (χ1v) is 16.4. The Morgan fingerprint density at radius 3 is 2.76 bits per heavy atom. The number of nitrogens with zero attached hydrogens (tertiary/aromatic N) is 2. The van der Waals surface area contributed by atoms with E-state index in [1.54, 1.807) is 18.2 Å². The van der Waals surface area contributed by atoms with Crippen LogP contribution in [0.4, 0.5) is 0 Å². The molecule has 1 aromatic carbocycles. The van der Waals surface area contributed by atoms with Gasteiger partial charge in [0.2, 0.25) is 20.0 Å². The van der Waals surface area contributed by atoms with Gasteiger partial charge in [0.15, 0.2) is 5.78 Å². The van der Waals surface area contributed by atoms with E-state index >= 15 is 0 Å². The monoisotopic (exact) mass is 606 g/mol. The van der Waals surface area contributed by atoms with Crippen LogP contribution in [0.5, 0.6) is 5.75 Å². The molecular weight excluding hydrogens is 572 g/mol. The highest BCUT2D eigenvalue weighted by atomic mass is 32.2. The van der Waals surface area contributed by atoms with E-state index in [1.165, 1.54) is 28.7 Å². The van der Waals surface area contributed by atoms with Gasteiger partial charge in [0.1, 0.15) is 23.4 Å². The molecule has 1 spiro atoms. The van der Waals surface area contributed by atoms with Crippen LogP contribution in [0.15, 0.2) is 69.1 Å². The minimum Gasteiger partial charge on any atom is -0.491 e. The normalized spacial score (nSPS) is 25.3. The number of nitrogens with one attached hydrogen (secondary N) is 1. The lowest BCUT2D eigenvalue weighted by molar-refractivity contribution is -0.115. The third kappa shape index (κ3) is 6.38. The van der Waals surface area contributed by atoms with E-state index in [1.807, 2.05) is 13.0 Å². The van der Waals surface area contributed by atoms with Crippen molar-refractivity contribution < 1.29 is 36.2 Å². The molecule has 41 heavy (non-hydrogen) atoms. The van der Waals surface area contributed by atoms with Crippen molar-refractivity contribution in [3.63, 3.8) is 0 Å². The predicted molar refractivity (Wildman–Crippen MR) is 151 cm³/mol. The highest BCUT2D eigenvalue weighted by Crippen LogP contribution is 2.38. The largest absolute Gasteiger partial charge is 0.491 e. The van der Waals surface area contributed by atoms with Gasteiger partial charge in [-0.3, -0.25) is 9.79 Å². The van der Waals surface area contributed by atoms with E-state index in [0.29, 0.717) is 31.6 Å². The lowest BCUT2D eigenvalue weighted by Crippen LogP contribution is -2.48. The van der Waals surface area contributed by atoms with Crippen LogP contribution in [0, 0.1) is 5.92 Å². The molecule has 1 unspecified atom stereocenters. The lowest BCUT2D eigenvalue weighted by Gasteiger charge is -2.38. The highest BCUT2D eigenvalue weighted by Gasteiger charge is 2.46. The summed E-state index contributed by atoms with van der Waals surface area (Å²) in [5.41, 5.74) is 0.943. The number of nitrogens with two attached hydrogens (primary N) is 1. The van der Waals surface area contributed by atoms with Gasteiger partial charge in [-0.05, 0) is 43.9 Å². The fraction of sp³-hybridized carbons (Fsp3) is 0.481. The van der Waals surface area contributed by atoms with E-state index in [0.717, 1.165) is 5.57 Å². The molecule has 3 heterocycles. The number of allylic oxidation sites excluding steroid dienone is 5. The van der Waals surface area contributed by atoms with Gasteiger partial charge in [0.05, 0.1) is 34.9 Å². The maximum Gasteiger partial charge on any atom is 0.248 e. The number of hydrogen-bond donors (Lipinski definition) is 3. The quantitative estimate of drug-likeness (QED) is 0.363. The zero-order valence-electron chi connectivity index (χ0n) is 22.6. The number of sulfonamides is 2. The van der Waals surface area contributed by atoms with Gasteiger partial charge in [0, 0.05) is 31.7 Å². The fourth-order valence-electron chi connectivity index (χ4n) is 5.56. The number of fused-ring (bicyclic) bond motifs is 1. The molecule has 1 aliphatic carbocycles. The minimum absolute atomic E-state index is 0.0386. The Labute approximate surface area is 239 Å². The van der Waals surface area contributed by atoms with Gasteiger partial charge in [-0.25, -0.2) is 22.0 Å². The third-order valence-corrected chi connectivity index (χ3v) is 10.7. The molecular formula is C27H34N4O8S2. The first kappa shape index (κ1) is 29.8. The number of aliphatic imine (C=N–C) groups is 1. The molecule has 3 atom stereocenters. The van der Waals surface area contributed by atoms with Gasteiger partial charge in [-0.2, -0.15) is 4.31 Å². The van der Waals surface area contributed by atoms with Crippen LogP contribution in [0.3, 0.4) is 0 Å². The van der Waals surface area contributed by atoms with Crippen molar-refractivity contribution in [3.05, 3.63) is 59.2 Å². The van der Waals surface area contributed by atoms with Crippen molar-refractivity contribution in [2.45, 2.75) is 48.8 Å². The van der Waals surface area contributed by atoms with Crippen molar-refractivity contribution in [1.29, 1.82) is 0 Å². The Morgan fingerprint density at radius 1 is 1.27 bits per heavy atom. The van der Waals surface area contributed by atoms with Crippen LogP contribution in [0.2, 0.25) is 0 Å². The summed E-state index contributed by atoms with van der Waals surface area (Å²) in [5.74, 6) is -0.857. The second kappa shape index (κ2) is 11.5. The summed E-state index contributed by atoms with van der Waals surface area (Å²) in [6.07, 6.45) is 7.21. The van der Waals surface area contributed by atoms with E-state index < -0.39 is 43.5 Å². The molecule has 0 amide bonds. The number of primary sulfonamides is 1. The number of carbonyl (C=O) groups is 1. The van der Waals surface area contributed by atoms with Crippen LogP contribution in [0.1, 0.15) is 26.2 Å². The van der Waals surface area contributed by atoms with E-state index in [-0.39, 0.29) is 47.8 Å². The Morgan fingerprint density at radius 2 is 2.02 bits per heavy atom. The molecule has 2 saturated heterocycles. The molecule has 5 rings (SSSR count). The number of hydrogen-bond acceptors (Lipinski definition) is 10. The van der Waals surface area contributed by atoms with Crippen LogP contribution in [-0.2, 0) is 29.6 Å². The predicted octanol–water partition coefficient (Wildman–Crippen LogP) is 0.614. The SMILES string of the molecule is CC1=CC=CC2C(=O)C(S(=O)(=O)N3CCC4(CC3)C[C@@H](NC[C@H](O)COc3cccc(S(N)(=O)=O)c3)CO4)=CN=C12. The molecule has 1 aromatic rings. The fourth-order valence-corrected chi connectivity index (χ4v) is 7.61. The highest BCUT2D eigenvalue weighted by molar-refractivity contribution is 7.94. The number of Topliss-reactive ketones (excluding diaryl/α,β-unsaturated/α-hetero) is 1. The van der Waals surface area contributed by atoms with Gasteiger partial charge in [-0.1, -0.05) is 24.3 Å². The van der Waals surface area contributed by atoms with Crippen LogP contribution >= 0.6 is 0 Å². The number of aliphatic hydroxyl groups is 1. The number of ether oxygens (including phenoxy) is 2. The molecule has 4 N–H and O–H groups in total. The van der Waals surface area contributed by atoms with Crippen molar-refractivity contribution in [1.82, 2.24) is 9.62 Å². The first-order valence-electron chi connectivity index (χ1n) is 13.4. The van der Waals surface area contributed by atoms with Gasteiger partial charge in [0.25, 0.3) is 0 Å². The topological polar surface area (TPSA) is 178 Å². The third-order valence-electron chi connectivity index (χ3n) is 7.87. The molecule has 0 radical (unpaired) electrons. The summed E-state index contributed by atoms with van der Waals surface area (Å²) in [7, 11) is -7.85. The van der Waals surface area contributed by atoms with Gasteiger partial charge in [-0.15, -0.1) is 0 Å². The summed E-state index contributed by atoms with van der Waals surface area (Å²) in [5, 5.41) is 18.8. The van der Waals surface area contributed by atoms with Crippen molar-refractivity contribution in [3.8, 4) is 5.75 Å². The number of carbonyl (C=O) groups excluding carboxylic acids is 1. The number of benzene rings is 1. The molecule has 0 bridgehead atoms. The van der Waals surface area contributed by atoms with Crippen molar-refractivity contribution >= 4 is 31.5 Å². The Kier molecular flexibility index (Phi) is 8.36. The smallest absolute Gasteiger partial charge is 0.248 e.